The summed E-state index contributed by atoms with van der Waals surface area (Å²) in [4.78, 5) is 0. The lowest BCUT2D eigenvalue weighted by atomic mass is 9.92. The van der Waals surface area contributed by atoms with Crippen molar-refractivity contribution in [3.63, 3.8) is 0 Å². The van der Waals surface area contributed by atoms with Crippen molar-refractivity contribution < 1.29 is 22.3 Å². The molecule has 0 spiro atoms. The van der Waals surface area contributed by atoms with Crippen molar-refractivity contribution in [2.45, 2.75) is 13.1 Å². The van der Waals surface area contributed by atoms with Crippen molar-refractivity contribution in [3.05, 3.63) is 53.1 Å². The maximum Gasteiger partial charge on any atom is 0.416 e. The summed E-state index contributed by atoms with van der Waals surface area (Å²) in [6.45, 7) is 2.01. The Labute approximate surface area is 126 Å². The van der Waals surface area contributed by atoms with Gasteiger partial charge in [0.05, 0.1) is 11.7 Å². The van der Waals surface area contributed by atoms with Crippen molar-refractivity contribution >= 4 is 13.3 Å². The molecule has 6 heteroatoms. The number of fused-ring (bicyclic) bond motifs is 1. The van der Waals surface area contributed by atoms with Crippen molar-refractivity contribution in [1.29, 1.82) is 0 Å². The molecule has 0 bridgehead atoms. The van der Waals surface area contributed by atoms with Gasteiger partial charge in [-0.05, 0) is 41.0 Å². The molecule has 0 aromatic heterocycles. The Hall–Kier alpha value is -1.61. The van der Waals surface area contributed by atoms with Crippen LogP contribution in [0.5, 0.6) is 0 Å². The molecule has 1 aromatic rings. The van der Waals surface area contributed by atoms with Gasteiger partial charge in [0.1, 0.15) is 0 Å². The molecule has 0 radical (unpaired) electrons. The van der Waals surface area contributed by atoms with E-state index in [0.29, 0.717) is 5.56 Å². The van der Waals surface area contributed by atoms with Gasteiger partial charge in [-0.2, -0.15) is 13.2 Å². The summed E-state index contributed by atoms with van der Waals surface area (Å²) in [6, 6.07) is 5.32. The molecule has 2 aliphatic rings. The van der Waals surface area contributed by atoms with Crippen LogP contribution in [0.3, 0.4) is 0 Å². The fourth-order valence-electron chi connectivity index (χ4n) is 3.40. The SMILES string of the molecule is CC1C2C(CP(=O)=O)=CC=C(c3cccc(C(F)(F)F)c3)C12. The molecule has 1 fully saturated rings. The fraction of sp³-hybridized carbons (Fsp3) is 0.375. The molecule has 3 unspecified atom stereocenters. The zero-order valence-electron chi connectivity index (χ0n) is 11.8. The van der Waals surface area contributed by atoms with Crippen molar-refractivity contribution in [1.82, 2.24) is 0 Å². The first-order valence-corrected chi connectivity index (χ1v) is 8.35. The van der Waals surface area contributed by atoms with Gasteiger partial charge in [0.2, 0.25) is 0 Å². The summed E-state index contributed by atoms with van der Waals surface area (Å²) in [6.07, 6.45) is -0.797. The average molecular weight is 326 g/mol. The Balaban J connectivity index is 1.96. The number of benzene rings is 1. The zero-order chi connectivity index (χ0) is 16.1. The minimum atomic E-state index is -4.36. The topological polar surface area (TPSA) is 34.1 Å². The highest BCUT2D eigenvalue weighted by Gasteiger charge is 2.52. The summed E-state index contributed by atoms with van der Waals surface area (Å²) < 4.78 is 60.3. The molecule has 116 valence electrons. The van der Waals surface area contributed by atoms with Crippen LogP contribution in [0.25, 0.3) is 5.57 Å². The van der Waals surface area contributed by atoms with Gasteiger partial charge in [-0.1, -0.05) is 36.8 Å². The monoisotopic (exact) mass is 326 g/mol. The van der Waals surface area contributed by atoms with Gasteiger partial charge in [0, 0.05) is 0 Å². The van der Waals surface area contributed by atoms with Crippen molar-refractivity contribution in [2.24, 2.45) is 17.8 Å². The van der Waals surface area contributed by atoms with E-state index in [1.54, 1.807) is 18.2 Å². The van der Waals surface area contributed by atoms with Crippen LogP contribution in [0.1, 0.15) is 18.1 Å². The van der Waals surface area contributed by atoms with Gasteiger partial charge < -0.3 is 0 Å². The number of rotatable bonds is 3. The third kappa shape index (κ3) is 2.70. The van der Waals surface area contributed by atoms with E-state index in [9.17, 15) is 22.3 Å². The normalized spacial score (nSPS) is 26.8. The summed E-state index contributed by atoms with van der Waals surface area (Å²) in [5, 5.41) is 0. The molecule has 0 amide bonds. The maximum absolute atomic E-state index is 12.8. The lowest BCUT2D eigenvalue weighted by molar-refractivity contribution is -0.137. The molecule has 2 nitrogen and oxygen atoms in total. The minimum absolute atomic E-state index is 0.0349. The largest absolute Gasteiger partial charge is 0.416 e. The number of hydrogen-bond acceptors (Lipinski definition) is 2. The average Bonchev–Trinajstić information content (AvgIpc) is 3.10. The van der Waals surface area contributed by atoms with Gasteiger partial charge in [-0.3, -0.25) is 0 Å². The Bertz CT molecular complexity index is 736. The van der Waals surface area contributed by atoms with E-state index in [0.717, 1.165) is 17.2 Å². The van der Waals surface area contributed by atoms with E-state index in [4.69, 9.17) is 0 Å². The van der Waals surface area contributed by atoms with Gasteiger partial charge in [0.25, 0.3) is 0 Å². The maximum atomic E-state index is 12.8. The standard InChI is InChI=1S/C16H14F3O2P/c1-9-14-11(8-22(20)21)5-6-13(15(9)14)10-3-2-4-12(7-10)16(17,18)19/h2-7,9,14-15H,8H2,1H3. The van der Waals surface area contributed by atoms with Crippen LogP contribution >= 0.6 is 7.68 Å². The van der Waals surface area contributed by atoms with E-state index in [1.807, 2.05) is 6.92 Å². The van der Waals surface area contributed by atoms with Crippen molar-refractivity contribution in [2.75, 3.05) is 6.16 Å². The lowest BCUT2D eigenvalue weighted by Gasteiger charge is -2.14. The molecular formula is C16H14F3O2P. The summed E-state index contributed by atoms with van der Waals surface area (Å²) in [5.41, 5.74) is 1.64. The molecule has 3 atom stereocenters. The fourth-order valence-corrected chi connectivity index (χ4v) is 4.01. The first kappa shape index (κ1) is 15.3. The lowest BCUT2D eigenvalue weighted by Crippen LogP contribution is -2.06. The third-order valence-corrected chi connectivity index (χ3v) is 5.10. The summed E-state index contributed by atoms with van der Waals surface area (Å²) in [5.74, 6) is 0.533. The Kier molecular flexibility index (Phi) is 3.64. The molecule has 1 saturated carbocycles. The molecule has 22 heavy (non-hydrogen) atoms. The highest BCUT2D eigenvalue weighted by atomic mass is 31.1. The number of allylic oxidation sites excluding steroid dienone is 4. The smallest absolute Gasteiger partial charge is 0.237 e. The van der Waals surface area contributed by atoms with E-state index in [2.05, 4.69) is 0 Å². The highest BCUT2D eigenvalue weighted by molar-refractivity contribution is 7.31. The second-order valence-electron chi connectivity index (χ2n) is 5.84. The van der Waals surface area contributed by atoms with E-state index >= 15 is 0 Å². The first-order chi connectivity index (χ1) is 10.3. The van der Waals surface area contributed by atoms with Crippen LogP contribution in [0, 0.1) is 17.8 Å². The first-order valence-electron chi connectivity index (χ1n) is 6.99. The van der Waals surface area contributed by atoms with E-state index < -0.39 is 19.4 Å². The summed E-state index contributed by atoms with van der Waals surface area (Å²) in [7, 11) is -2.48. The Morgan fingerprint density at radius 2 is 1.86 bits per heavy atom. The van der Waals surface area contributed by atoms with Crippen LogP contribution in [-0.4, -0.2) is 6.16 Å². The molecule has 1 aromatic carbocycles. The quantitative estimate of drug-likeness (QED) is 0.726. The van der Waals surface area contributed by atoms with Crippen LogP contribution < -0.4 is 0 Å². The zero-order valence-corrected chi connectivity index (χ0v) is 12.7. The number of alkyl halides is 3. The molecule has 0 N–H and O–H groups in total. The van der Waals surface area contributed by atoms with Gasteiger partial charge in [0.15, 0.2) is 0 Å². The van der Waals surface area contributed by atoms with E-state index in [1.165, 1.54) is 12.1 Å². The molecule has 0 aliphatic heterocycles. The highest BCUT2D eigenvalue weighted by Crippen LogP contribution is 2.59. The molecular weight excluding hydrogens is 312 g/mol. The predicted molar refractivity (Wildman–Crippen MR) is 76.8 cm³/mol. The molecule has 2 aliphatic carbocycles. The summed E-state index contributed by atoms with van der Waals surface area (Å²) >= 11 is 0. The Morgan fingerprint density at radius 1 is 1.14 bits per heavy atom. The van der Waals surface area contributed by atoms with E-state index in [-0.39, 0.29) is 23.9 Å². The Morgan fingerprint density at radius 3 is 2.50 bits per heavy atom. The van der Waals surface area contributed by atoms with Gasteiger partial charge >= 0.3 is 13.9 Å². The predicted octanol–water partition coefficient (Wildman–Crippen LogP) is 5.08. The molecule has 0 saturated heterocycles. The number of hydrogen-bond donors (Lipinski definition) is 0. The van der Waals surface area contributed by atoms with Crippen LogP contribution in [0.4, 0.5) is 13.2 Å². The van der Waals surface area contributed by atoms with Crippen LogP contribution in [0.15, 0.2) is 42.0 Å². The molecule has 0 heterocycles. The second-order valence-corrected chi connectivity index (χ2v) is 6.83. The number of halogens is 3. The third-order valence-electron chi connectivity index (χ3n) is 4.48. The molecule has 3 rings (SSSR count). The van der Waals surface area contributed by atoms with Crippen LogP contribution in [-0.2, 0) is 15.3 Å². The van der Waals surface area contributed by atoms with Gasteiger partial charge in [-0.15, -0.1) is 0 Å². The minimum Gasteiger partial charge on any atom is -0.237 e. The van der Waals surface area contributed by atoms with Crippen LogP contribution in [0.2, 0.25) is 0 Å². The second kappa shape index (κ2) is 5.24. The van der Waals surface area contributed by atoms with Crippen molar-refractivity contribution in [3.8, 4) is 0 Å². The van der Waals surface area contributed by atoms with Gasteiger partial charge in [-0.25, -0.2) is 9.13 Å².